The molecule has 0 aliphatic carbocycles. The minimum atomic E-state index is -0.530. The molecule has 0 saturated heterocycles. The highest BCUT2D eigenvalue weighted by Gasteiger charge is 2.16. The molecule has 0 fully saturated rings. The van der Waals surface area contributed by atoms with E-state index in [1.54, 1.807) is 0 Å². The number of hydrazine groups is 1. The lowest BCUT2D eigenvalue weighted by Crippen LogP contribution is -2.47. The summed E-state index contributed by atoms with van der Waals surface area (Å²) in [7, 11) is 2.88. The summed E-state index contributed by atoms with van der Waals surface area (Å²) in [5.41, 5.74) is 5.32. The second-order valence-electron chi connectivity index (χ2n) is 6.79. The molecule has 0 bridgehead atoms. The number of thiocarbonyl (C=S) groups is 1. The summed E-state index contributed by atoms with van der Waals surface area (Å²) in [6.45, 7) is 0.420. The minimum absolute atomic E-state index is 0.156. The molecule has 13 heteroatoms. The number of nitrogens with one attached hydrogen (secondary N) is 3. The van der Waals surface area contributed by atoms with Crippen LogP contribution in [0.1, 0.15) is 5.56 Å². The zero-order valence-electron chi connectivity index (χ0n) is 16.7. The maximum atomic E-state index is 12.4. The highest BCUT2D eigenvalue weighted by Crippen LogP contribution is 2.32. The average Bonchev–Trinajstić information content (AvgIpc) is 3.40. The molecule has 31 heavy (non-hydrogen) atoms. The third kappa shape index (κ3) is 3.94. The van der Waals surface area contributed by atoms with Crippen LogP contribution in [0.3, 0.4) is 0 Å². The van der Waals surface area contributed by atoms with Gasteiger partial charge in [-0.15, -0.1) is 0 Å². The first-order valence-corrected chi connectivity index (χ1v) is 9.58. The summed E-state index contributed by atoms with van der Waals surface area (Å²) in [5.74, 6) is 0.906. The van der Waals surface area contributed by atoms with E-state index in [0.29, 0.717) is 18.0 Å². The molecule has 2 aromatic heterocycles. The highest BCUT2D eigenvalue weighted by molar-refractivity contribution is 7.80. The van der Waals surface area contributed by atoms with Crippen LogP contribution in [0, 0.1) is 0 Å². The first-order valence-electron chi connectivity index (χ1n) is 9.17. The molecule has 1 aliphatic rings. The molecule has 3 N–H and O–H groups in total. The maximum absolute atomic E-state index is 12.4. The van der Waals surface area contributed by atoms with Gasteiger partial charge in [0.05, 0.1) is 6.33 Å². The van der Waals surface area contributed by atoms with E-state index in [4.69, 9.17) is 21.7 Å². The average molecular weight is 445 g/mol. The maximum Gasteiger partial charge on any atom is 0.332 e. The third-order valence-corrected chi connectivity index (χ3v) is 4.98. The van der Waals surface area contributed by atoms with Crippen LogP contribution in [0.5, 0.6) is 11.5 Å². The largest absolute Gasteiger partial charge is 0.454 e. The van der Waals surface area contributed by atoms with Crippen molar-refractivity contribution in [2.45, 2.75) is 13.1 Å². The number of rotatable bonds is 4. The molecule has 0 radical (unpaired) electrons. The molecule has 0 unspecified atom stereocenters. The third-order valence-electron chi connectivity index (χ3n) is 4.74. The van der Waals surface area contributed by atoms with Crippen molar-refractivity contribution in [1.29, 1.82) is 0 Å². The molecule has 162 valence electrons. The fraction of sp³-hybridized carbons (Fsp3) is 0.278. The summed E-state index contributed by atoms with van der Waals surface area (Å²) >= 11 is 5.16. The molecule has 3 aromatic rings. The summed E-state index contributed by atoms with van der Waals surface area (Å²) in [6, 6.07) is 5.53. The van der Waals surface area contributed by atoms with Gasteiger partial charge in [0.1, 0.15) is 6.54 Å². The molecular formula is C18H19N7O5S. The topological polar surface area (TPSA) is 133 Å². The number of ether oxygens (including phenoxy) is 2. The van der Waals surface area contributed by atoms with Crippen LogP contribution in [0.2, 0.25) is 0 Å². The number of aryl methyl sites for hydroxylation is 1. The molecule has 4 rings (SSSR count). The summed E-state index contributed by atoms with van der Waals surface area (Å²) in [5, 5.41) is 3.17. The Bertz CT molecular complexity index is 1310. The molecule has 3 heterocycles. The predicted octanol–water partition coefficient (Wildman–Crippen LogP) is -1.14. The number of fused-ring (bicyclic) bond motifs is 2. The molecule has 1 amide bonds. The molecule has 0 atom stereocenters. The van der Waals surface area contributed by atoms with Crippen molar-refractivity contribution in [2.24, 2.45) is 14.1 Å². The lowest BCUT2D eigenvalue weighted by molar-refractivity contribution is -0.122. The Morgan fingerprint density at radius 3 is 2.74 bits per heavy atom. The number of imidazole rings is 1. The summed E-state index contributed by atoms with van der Waals surface area (Å²) in [4.78, 5) is 40.8. The number of benzene rings is 1. The van der Waals surface area contributed by atoms with E-state index in [1.165, 1.54) is 29.6 Å². The van der Waals surface area contributed by atoms with Gasteiger partial charge in [-0.3, -0.25) is 29.6 Å². The normalized spacial score (nSPS) is 12.1. The Balaban J connectivity index is 1.34. The van der Waals surface area contributed by atoms with E-state index >= 15 is 0 Å². The molecule has 1 aliphatic heterocycles. The fourth-order valence-electron chi connectivity index (χ4n) is 3.12. The monoisotopic (exact) mass is 445 g/mol. The van der Waals surface area contributed by atoms with Crippen LogP contribution in [0.4, 0.5) is 0 Å². The first-order chi connectivity index (χ1) is 14.8. The van der Waals surface area contributed by atoms with Crippen molar-refractivity contribution in [2.75, 3.05) is 6.79 Å². The Kier molecular flexibility index (Phi) is 5.33. The molecular weight excluding hydrogens is 426 g/mol. The Morgan fingerprint density at radius 1 is 1.16 bits per heavy atom. The van der Waals surface area contributed by atoms with Gasteiger partial charge in [0, 0.05) is 20.6 Å². The number of aromatic nitrogens is 4. The van der Waals surface area contributed by atoms with Crippen molar-refractivity contribution in [3.63, 3.8) is 0 Å². The van der Waals surface area contributed by atoms with E-state index in [2.05, 4.69) is 21.2 Å². The van der Waals surface area contributed by atoms with Gasteiger partial charge in [-0.05, 0) is 29.9 Å². The zero-order valence-corrected chi connectivity index (χ0v) is 17.5. The van der Waals surface area contributed by atoms with Crippen molar-refractivity contribution in [1.82, 2.24) is 34.9 Å². The second kappa shape index (κ2) is 8.10. The van der Waals surface area contributed by atoms with Gasteiger partial charge in [0.2, 0.25) is 6.79 Å². The quantitative estimate of drug-likeness (QED) is 0.337. The van der Waals surface area contributed by atoms with Crippen LogP contribution < -0.4 is 36.9 Å². The second-order valence-corrected chi connectivity index (χ2v) is 7.20. The predicted molar refractivity (Wildman–Crippen MR) is 113 cm³/mol. The summed E-state index contributed by atoms with van der Waals surface area (Å²) in [6.07, 6.45) is 1.33. The highest BCUT2D eigenvalue weighted by atomic mass is 32.1. The van der Waals surface area contributed by atoms with Crippen LogP contribution in [-0.2, 0) is 32.0 Å². The number of carbonyl (C=O) groups excluding carboxylic acids is 1. The van der Waals surface area contributed by atoms with Gasteiger partial charge >= 0.3 is 5.69 Å². The lowest BCUT2D eigenvalue weighted by atomic mass is 10.2. The van der Waals surface area contributed by atoms with Gasteiger partial charge in [-0.2, -0.15) is 0 Å². The first kappa shape index (κ1) is 20.4. The molecule has 0 spiro atoms. The van der Waals surface area contributed by atoms with E-state index < -0.39 is 17.2 Å². The zero-order chi connectivity index (χ0) is 22.1. The van der Waals surface area contributed by atoms with E-state index in [9.17, 15) is 14.4 Å². The van der Waals surface area contributed by atoms with E-state index in [1.807, 2.05) is 18.2 Å². The van der Waals surface area contributed by atoms with Gasteiger partial charge < -0.3 is 19.4 Å². The van der Waals surface area contributed by atoms with Gasteiger partial charge in [0.15, 0.2) is 27.8 Å². The number of hydrogen-bond donors (Lipinski definition) is 3. The van der Waals surface area contributed by atoms with Crippen LogP contribution in [0.15, 0.2) is 34.1 Å². The number of carbonyl (C=O) groups is 1. The minimum Gasteiger partial charge on any atom is -0.454 e. The molecule has 0 saturated carbocycles. The van der Waals surface area contributed by atoms with Gasteiger partial charge in [0.25, 0.3) is 11.5 Å². The van der Waals surface area contributed by atoms with E-state index in [-0.39, 0.29) is 29.6 Å². The van der Waals surface area contributed by atoms with Crippen LogP contribution in [-0.4, -0.2) is 36.5 Å². The smallest absolute Gasteiger partial charge is 0.332 e. The standard InChI is InChI=1S/C18H19N7O5S/c1-23-15-14(16(27)24(2)18(23)28)25(8-20-15)7-13(26)21-22-17(31)19-6-10-3-4-11-12(5-10)30-9-29-11/h3-5,8H,6-7,9H2,1-2H3,(H,21,26)(H2,19,22,31). The van der Waals surface area contributed by atoms with Crippen LogP contribution >= 0.6 is 12.2 Å². The number of amides is 1. The number of nitrogens with zero attached hydrogens (tertiary/aromatic N) is 4. The molecule has 12 nitrogen and oxygen atoms in total. The van der Waals surface area contributed by atoms with Gasteiger partial charge in [-0.25, -0.2) is 9.78 Å². The number of hydrogen-bond acceptors (Lipinski definition) is 7. The SMILES string of the molecule is Cn1c(=O)c2c(ncn2CC(=O)NNC(=S)NCc2ccc3c(c2)OCO3)n(C)c1=O. The van der Waals surface area contributed by atoms with Crippen LogP contribution in [0.25, 0.3) is 11.2 Å². The van der Waals surface area contributed by atoms with Crippen molar-refractivity contribution < 1.29 is 14.3 Å². The van der Waals surface area contributed by atoms with Gasteiger partial charge in [-0.1, -0.05) is 6.07 Å². The molecule has 1 aromatic carbocycles. The summed E-state index contributed by atoms with van der Waals surface area (Å²) < 4.78 is 14.2. The Hall–Kier alpha value is -3.87. The van der Waals surface area contributed by atoms with E-state index in [0.717, 1.165) is 10.1 Å². The fourth-order valence-corrected chi connectivity index (χ4v) is 3.24. The van der Waals surface area contributed by atoms with Crippen molar-refractivity contribution >= 4 is 34.4 Å². The Morgan fingerprint density at radius 2 is 1.94 bits per heavy atom. The Labute approximate surface area is 180 Å². The van der Waals surface area contributed by atoms with Crippen molar-refractivity contribution in [3.05, 3.63) is 50.9 Å². The van der Waals surface area contributed by atoms with Crippen molar-refractivity contribution in [3.8, 4) is 11.5 Å². The lowest BCUT2D eigenvalue weighted by Gasteiger charge is -2.12.